The van der Waals surface area contributed by atoms with Crippen molar-refractivity contribution >= 4 is 27.5 Å². The van der Waals surface area contributed by atoms with E-state index >= 15 is 0 Å². The maximum absolute atomic E-state index is 10.6. The average molecular weight is 208 g/mol. The Morgan fingerprint density at radius 3 is 2.93 bits per heavy atom. The summed E-state index contributed by atoms with van der Waals surface area (Å²) < 4.78 is 2.43. The molecule has 0 saturated carbocycles. The third kappa shape index (κ3) is 1.42. The minimum atomic E-state index is -0.924. The Bertz CT molecular complexity index is 541. The van der Waals surface area contributed by atoms with Gasteiger partial charge in [0.05, 0.1) is 10.2 Å². The number of rotatable bonds is 2. The van der Waals surface area contributed by atoms with Crippen LogP contribution in [0, 0.1) is 5.41 Å². The highest BCUT2D eigenvalue weighted by molar-refractivity contribution is 7.16. The predicted molar refractivity (Wildman–Crippen MR) is 53.3 cm³/mol. The van der Waals surface area contributed by atoms with E-state index in [0.717, 1.165) is 10.2 Å². The molecule has 5 heteroatoms. The summed E-state index contributed by atoms with van der Waals surface area (Å²) in [6, 6.07) is 7.43. The monoisotopic (exact) mass is 208 g/mol. The van der Waals surface area contributed by atoms with E-state index < -0.39 is 5.97 Å². The quantitative estimate of drug-likeness (QED) is 0.780. The fourth-order valence-electron chi connectivity index (χ4n) is 1.33. The first-order valence-corrected chi connectivity index (χ1v) is 4.85. The molecule has 0 fully saturated rings. The molecule has 4 nitrogen and oxygen atoms in total. The van der Waals surface area contributed by atoms with Gasteiger partial charge in [-0.2, -0.15) is 0 Å². The van der Waals surface area contributed by atoms with Gasteiger partial charge in [-0.05, 0) is 12.1 Å². The van der Waals surface area contributed by atoms with Crippen molar-refractivity contribution in [2.45, 2.75) is 6.54 Å². The van der Waals surface area contributed by atoms with Crippen LogP contribution in [0.4, 0.5) is 0 Å². The van der Waals surface area contributed by atoms with Crippen LogP contribution in [0.1, 0.15) is 0 Å². The molecule has 0 atom stereocenters. The number of carbonyl (C=O) groups is 1. The molecule has 0 unspecified atom stereocenters. The molecule has 0 aliphatic heterocycles. The van der Waals surface area contributed by atoms with Crippen LogP contribution >= 0.6 is 11.3 Å². The van der Waals surface area contributed by atoms with Gasteiger partial charge in [-0.3, -0.25) is 10.2 Å². The van der Waals surface area contributed by atoms with E-state index in [1.807, 2.05) is 24.3 Å². The average Bonchev–Trinajstić information content (AvgIpc) is 2.43. The highest BCUT2D eigenvalue weighted by atomic mass is 32.1. The maximum atomic E-state index is 10.6. The number of thiazole rings is 1. The second kappa shape index (κ2) is 3.26. The summed E-state index contributed by atoms with van der Waals surface area (Å²) in [6.07, 6.45) is 0. The number of fused-ring (bicyclic) bond motifs is 1. The van der Waals surface area contributed by atoms with Crippen LogP contribution in [0.3, 0.4) is 0 Å². The smallest absolute Gasteiger partial charge is 0.323 e. The van der Waals surface area contributed by atoms with Crippen LogP contribution < -0.4 is 4.80 Å². The third-order valence-electron chi connectivity index (χ3n) is 1.90. The van der Waals surface area contributed by atoms with Crippen molar-refractivity contribution in [3.63, 3.8) is 0 Å². The lowest BCUT2D eigenvalue weighted by atomic mass is 10.3. The summed E-state index contributed by atoms with van der Waals surface area (Å²) in [5, 5.41) is 16.3. The molecule has 0 aliphatic carbocycles. The molecule has 1 aromatic carbocycles. The van der Waals surface area contributed by atoms with Crippen LogP contribution in [0.25, 0.3) is 10.2 Å². The van der Waals surface area contributed by atoms with E-state index in [2.05, 4.69) is 0 Å². The van der Waals surface area contributed by atoms with Crippen molar-refractivity contribution in [3.05, 3.63) is 29.1 Å². The predicted octanol–water partition coefficient (Wildman–Crippen LogP) is 1.27. The van der Waals surface area contributed by atoms with Gasteiger partial charge in [0.15, 0.2) is 4.80 Å². The van der Waals surface area contributed by atoms with Crippen molar-refractivity contribution < 1.29 is 9.90 Å². The van der Waals surface area contributed by atoms with E-state index in [9.17, 15) is 4.79 Å². The molecule has 0 spiro atoms. The van der Waals surface area contributed by atoms with E-state index in [4.69, 9.17) is 10.5 Å². The SMILES string of the molecule is N=c1sc2ccccc2n1CC(=O)O. The number of carboxylic acid groups (broad SMARTS) is 1. The molecule has 72 valence electrons. The molecule has 1 heterocycles. The van der Waals surface area contributed by atoms with Crippen molar-refractivity contribution in [3.8, 4) is 0 Å². The van der Waals surface area contributed by atoms with Crippen molar-refractivity contribution in [2.24, 2.45) is 0 Å². The first-order valence-electron chi connectivity index (χ1n) is 4.03. The number of nitrogens with one attached hydrogen (secondary N) is 1. The van der Waals surface area contributed by atoms with Gasteiger partial charge in [0, 0.05) is 0 Å². The number of para-hydroxylation sites is 1. The lowest BCUT2D eigenvalue weighted by Crippen LogP contribution is -2.18. The standard InChI is InChI=1S/C9H8N2O2S/c10-9-11(5-8(12)13)6-3-1-2-4-7(6)14-9/h1-4,10H,5H2,(H,12,13). The van der Waals surface area contributed by atoms with E-state index in [-0.39, 0.29) is 11.3 Å². The van der Waals surface area contributed by atoms with E-state index in [0.29, 0.717) is 0 Å². The van der Waals surface area contributed by atoms with E-state index in [1.54, 1.807) is 0 Å². The van der Waals surface area contributed by atoms with Crippen LogP contribution in [0.15, 0.2) is 24.3 Å². The van der Waals surface area contributed by atoms with Crippen LogP contribution in [0.2, 0.25) is 0 Å². The molecule has 0 saturated heterocycles. The summed E-state index contributed by atoms with van der Waals surface area (Å²) in [4.78, 5) is 10.8. The van der Waals surface area contributed by atoms with Gasteiger partial charge in [-0.1, -0.05) is 23.5 Å². The Balaban J connectivity index is 2.68. The second-order valence-electron chi connectivity index (χ2n) is 2.85. The van der Waals surface area contributed by atoms with Gasteiger partial charge in [-0.25, -0.2) is 0 Å². The van der Waals surface area contributed by atoms with Gasteiger partial charge in [0.2, 0.25) is 0 Å². The lowest BCUT2D eigenvalue weighted by Gasteiger charge is -1.98. The number of carboxylic acids is 1. The minimum absolute atomic E-state index is 0.150. The number of aliphatic carboxylic acids is 1. The topological polar surface area (TPSA) is 66.1 Å². The fourth-order valence-corrected chi connectivity index (χ4v) is 2.24. The van der Waals surface area contributed by atoms with Crippen LogP contribution in [0.5, 0.6) is 0 Å². The van der Waals surface area contributed by atoms with Crippen LogP contribution in [-0.2, 0) is 11.3 Å². The number of hydrogen-bond donors (Lipinski definition) is 2. The Labute approximate surface area is 83.6 Å². The Morgan fingerprint density at radius 2 is 2.21 bits per heavy atom. The molecule has 0 amide bonds. The highest BCUT2D eigenvalue weighted by Gasteiger charge is 2.06. The third-order valence-corrected chi connectivity index (χ3v) is 2.88. The summed E-state index contributed by atoms with van der Waals surface area (Å²) in [5.74, 6) is -0.924. The summed E-state index contributed by atoms with van der Waals surface area (Å²) in [5.41, 5.74) is 0.810. The second-order valence-corrected chi connectivity index (χ2v) is 3.89. The zero-order valence-corrected chi connectivity index (χ0v) is 8.04. The number of nitrogens with zero attached hydrogens (tertiary/aromatic N) is 1. The molecule has 0 aliphatic rings. The van der Waals surface area contributed by atoms with E-state index in [1.165, 1.54) is 15.9 Å². The molecular weight excluding hydrogens is 200 g/mol. The first-order chi connectivity index (χ1) is 6.68. The van der Waals surface area contributed by atoms with Crippen LogP contribution in [-0.4, -0.2) is 15.6 Å². The van der Waals surface area contributed by atoms with Gasteiger partial charge in [-0.15, -0.1) is 0 Å². The lowest BCUT2D eigenvalue weighted by molar-refractivity contribution is -0.137. The molecule has 2 aromatic rings. The fraction of sp³-hybridized carbons (Fsp3) is 0.111. The molecular formula is C9H8N2O2S. The van der Waals surface area contributed by atoms with Crippen molar-refractivity contribution in [2.75, 3.05) is 0 Å². The molecule has 0 radical (unpaired) electrons. The Hall–Kier alpha value is -1.62. The maximum Gasteiger partial charge on any atom is 0.323 e. The summed E-state index contributed by atoms with van der Waals surface area (Å²) >= 11 is 1.29. The van der Waals surface area contributed by atoms with Gasteiger partial charge < -0.3 is 9.67 Å². The normalized spacial score (nSPS) is 10.6. The summed E-state index contributed by atoms with van der Waals surface area (Å²) in [6.45, 7) is -0.150. The summed E-state index contributed by atoms with van der Waals surface area (Å²) in [7, 11) is 0. The van der Waals surface area contributed by atoms with Crippen molar-refractivity contribution in [1.82, 2.24) is 4.57 Å². The molecule has 2 N–H and O–H groups in total. The molecule has 1 aromatic heterocycles. The van der Waals surface area contributed by atoms with Gasteiger partial charge in [0.25, 0.3) is 0 Å². The first kappa shape index (κ1) is 8.96. The largest absolute Gasteiger partial charge is 0.480 e. The Kier molecular flexibility index (Phi) is 2.09. The highest BCUT2D eigenvalue weighted by Crippen LogP contribution is 2.15. The zero-order chi connectivity index (χ0) is 10.1. The molecule has 2 rings (SSSR count). The van der Waals surface area contributed by atoms with Gasteiger partial charge in [0.1, 0.15) is 6.54 Å². The zero-order valence-electron chi connectivity index (χ0n) is 7.23. The number of aromatic nitrogens is 1. The Morgan fingerprint density at radius 1 is 1.50 bits per heavy atom. The minimum Gasteiger partial charge on any atom is -0.480 e. The van der Waals surface area contributed by atoms with Gasteiger partial charge >= 0.3 is 5.97 Å². The molecule has 0 bridgehead atoms. The number of benzene rings is 1. The molecule has 14 heavy (non-hydrogen) atoms. The van der Waals surface area contributed by atoms with Crippen molar-refractivity contribution in [1.29, 1.82) is 5.41 Å². The number of hydrogen-bond acceptors (Lipinski definition) is 3.